The highest BCUT2D eigenvalue weighted by molar-refractivity contribution is 7.92. The summed E-state index contributed by atoms with van der Waals surface area (Å²) in [6, 6.07) is 8.52. The maximum absolute atomic E-state index is 15.5. The predicted molar refractivity (Wildman–Crippen MR) is 123 cm³/mol. The fraction of sp³-hybridized carbons (Fsp3) is 0.364. The van der Waals surface area contributed by atoms with Crippen molar-refractivity contribution < 1.29 is 12.8 Å². The van der Waals surface area contributed by atoms with Gasteiger partial charge in [0.05, 0.1) is 27.0 Å². The van der Waals surface area contributed by atoms with Gasteiger partial charge in [-0.05, 0) is 62.2 Å². The molecule has 31 heavy (non-hydrogen) atoms. The van der Waals surface area contributed by atoms with Gasteiger partial charge in [-0.1, -0.05) is 13.0 Å². The molecule has 0 spiro atoms. The third-order valence-corrected chi connectivity index (χ3v) is 8.01. The van der Waals surface area contributed by atoms with Crippen molar-refractivity contribution in [2.24, 2.45) is 0 Å². The Morgan fingerprint density at radius 1 is 1.19 bits per heavy atom. The molecule has 1 aromatic carbocycles. The first kappa shape index (κ1) is 21.9. The van der Waals surface area contributed by atoms with Crippen molar-refractivity contribution in [3.8, 4) is 21.7 Å². The summed E-state index contributed by atoms with van der Waals surface area (Å²) in [7, 11) is -3.60. The summed E-state index contributed by atoms with van der Waals surface area (Å²) in [5, 5.41) is 4.35. The number of nitrogens with zero attached hydrogens (tertiary/aromatic N) is 2. The van der Waals surface area contributed by atoms with Gasteiger partial charge in [0, 0.05) is 23.9 Å². The van der Waals surface area contributed by atoms with Gasteiger partial charge in [-0.3, -0.25) is 9.71 Å². The van der Waals surface area contributed by atoms with Crippen LogP contribution in [0.5, 0.6) is 0 Å². The molecule has 1 aliphatic rings. The average molecular weight is 461 g/mol. The highest BCUT2D eigenvalue weighted by atomic mass is 32.2. The average Bonchev–Trinajstić information content (AvgIpc) is 3.21. The second-order valence-electron chi connectivity index (χ2n) is 7.58. The Balaban J connectivity index is 1.80. The Kier molecular flexibility index (Phi) is 6.64. The van der Waals surface area contributed by atoms with Crippen molar-refractivity contribution in [1.82, 2.24) is 15.3 Å². The third kappa shape index (κ3) is 4.94. The number of anilines is 1. The summed E-state index contributed by atoms with van der Waals surface area (Å²) < 4.78 is 42.3. The Labute approximate surface area is 186 Å². The van der Waals surface area contributed by atoms with Gasteiger partial charge in [0.1, 0.15) is 0 Å². The number of benzene rings is 1. The van der Waals surface area contributed by atoms with Gasteiger partial charge >= 0.3 is 0 Å². The first-order chi connectivity index (χ1) is 15.0. The number of halogens is 1. The van der Waals surface area contributed by atoms with E-state index in [9.17, 15) is 8.42 Å². The molecule has 3 heterocycles. The van der Waals surface area contributed by atoms with Crippen LogP contribution < -0.4 is 10.0 Å². The van der Waals surface area contributed by atoms with Crippen LogP contribution in [0.1, 0.15) is 37.1 Å². The van der Waals surface area contributed by atoms with Crippen LogP contribution in [0.4, 0.5) is 10.1 Å². The molecule has 9 heteroatoms. The maximum Gasteiger partial charge on any atom is 0.232 e. The van der Waals surface area contributed by atoms with Gasteiger partial charge in [-0.25, -0.2) is 17.8 Å². The van der Waals surface area contributed by atoms with Crippen molar-refractivity contribution in [1.29, 1.82) is 0 Å². The van der Waals surface area contributed by atoms with E-state index in [2.05, 4.69) is 15.0 Å². The number of hydrogen-bond acceptors (Lipinski definition) is 6. The lowest BCUT2D eigenvalue weighted by molar-refractivity contribution is 0.459. The second kappa shape index (κ2) is 9.42. The lowest BCUT2D eigenvalue weighted by Gasteiger charge is -2.20. The zero-order valence-corrected chi connectivity index (χ0v) is 18.9. The zero-order valence-electron chi connectivity index (χ0n) is 17.3. The van der Waals surface area contributed by atoms with Gasteiger partial charge in [-0.15, -0.1) is 11.3 Å². The molecule has 1 saturated heterocycles. The lowest BCUT2D eigenvalue weighted by Crippen LogP contribution is -2.26. The minimum Gasteiger partial charge on any atom is -0.317 e. The number of hydrogen-bond donors (Lipinski definition) is 2. The Morgan fingerprint density at radius 3 is 2.65 bits per heavy atom. The molecule has 4 rings (SSSR count). The number of rotatable bonds is 7. The van der Waals surface area contributed by atoms with Crippen LogP contribution in [0.2, 0.25) is 0 Å². The molecule has 0 unspecified atom stereocenters. The zero-order chi connectivity index (χ0) is 21.8. The third-order valence-electron chi connectivity index (χ3n) is 5.27. The summed E-state index contributed by atoms with van der Waals surface area (Å²) in [6.45, 7) is 3.64. The monoisotopic (exact) mass is 460 g/mol. The summed E-state index contributed by atoms with van der Waals surface area (Å²) in [6.07, 6.45) is 5.84. The first-order valence-electron chi connectivity index (χ1n) is 10.4. The molecule has 0 atom stereocenters. The molecule has 2 aromatic heterocycles. The quantitative estimate of drug-likeness (QED) is 0.537. The minimum atomic E-state index is -3.60. The molecule has 0 bridgehead atoms. The second-order valence-corrected chi connectivity index (χ2v) is 10.5. The molecule has 2 N–H and O–H groups in total. The number of sulfonamides is 1. The topological polar surface area (TPSA) is 84.0 Å². The molecule has 164 valence electrons. The lowest BCUT2D eigenvalue weighted by atomic mass is 9.99. The maximum atomic E-state index is 15.5. The molecule has 0 amide bonds. The van der Waals surface area contributed by atoms with Crippen molar-refractivity contribution in [3.05, 3.63) is 53.6 Å². The van der Waals surface area contributed by atoms with Gasteiger partial charge in [-0.2, -0.15) is 0 Å². The van der Waals surface area contributed by atoms with E-state index in [-0.39, 0.29) is 11.4 Å². The molecular weight excluding hydrogens is 435 g/mol. The van der Waals surface area contributed by atoms with E-state index < -0.39 is 15.8 Å². The number of thiazole rings is 1. The van der Waals surface area contributed by atoms with E-state index in [1.54, 1.807) is 42.8 Å². The summed E-state index contributed by atoms with van der Waals surface area (Å²) in [4.78, 5) is 9.82. The van der Waals surface area contributed by atoms with Crippen molar-refractivity contribution >= 4 is 27.0 Å². The van der Waals surface area contributed by atoms with Crippen molar-refractivity contribution in [2.45, 2.75) is 32.1 Å². The molecule has 1 aliphatic heterocycles. The largest absolute Gasteiger partial charge is 0.317 e. The van der Waals surface area contributed by atoms with E-state index in [0.29, 0.717) is 23.6 Å². The number of pyridine rings is 1. The number of aromatic nitrogens is 2. The van der Waals surface area contributed by atoms with Crippen LogP contribution in [-0.4, -0.2) is 37.2 Å². The van der Waals surface area contributed by atoms with Gasteiger partial charge < -0.3 is 5.32 Å². The SMILES string of the molecule is CCCS(=O)(=O)Nc1cccc(-c2nc(C3CCNCC3)sc2-c2ccncc2)c1F. The Bertz CT molecular complexity index is 1140. The fourth-order valence-corrected chi connectivity index (χ4v) is 6.13. The number of nitrogens with one attached hydrogen (secondary N) is 2. The molecule has 6 nitrogen and oxygen atoms in total. The molecule has 1 fully saturated rings. The first-order valence-corrected chi connectivity index (χ1v) is 12.9. The van der Waals surface area contributed by atoms with E-state index in [1.165, 1.54) is 6.07 Å². The van der Waals surface area contributed by atoms with Crippen molar-refractivity contribution in [2.75, 3.05) is 23.6 Å². The summed E-state index contributed by atoms with van der Waals surface area (Å²) in [5.41, 5.74) is 1.70. The predicted octanol–water partition coefficient (Wildman–Crippen LogP) is 4.63. The van der Waals surface area contributed by atoms with Crippen LogP contribution >= 0.6 is 11.3 Å². The molecule has 0 radical (unpaired) electrons. The summed E-state index contributed by atoms with van der Waals surface area (Å²) in [5.74, 6) is -0.343. The van der Waals surface area contributed by atoms with Crippen LogP contribution in [0, 0.1) is 5.82 Å². The molecular formula is C22H25FN4O2S2. The molecule has 3 aromatic rings. The summed E-state index contributed by atoms with van der Waals surface area (Å²) >= 11 is 1.58. The smallest absolute Gasteiger partial charge is 0.232 e. The standard InChI is InChI=1S/C22H25FN4O2S2/c1-2-14-31(28,29)27-18-5-3-4-17(19(18)23)20-21(15-6-10-24-11-7-15)30-22(26-20)16-8-12-25-13-9-16/h3-7,10-11,16,25,27H,2,8-9,12-14H2,1H3. The highest BCUT2D eigenvalue weighted by Crippen LogP contribution is 2.42. The highest BCUT2D eigenvalue weighted by Gasteiger charge is 2.25. The van der Waals surface area contributed by atoms with Crippen LogP contribution in [0.15, 0.2) is 42.7 Å². The minimum absolute atomic E-state index is 0.0527. The van der Waals surface area contributed by atoms with E-state index >= 15 is 4.39 Å². The molecule has 0 aliphatic carbocycles. The van der Waals surface area contributed by atoms with Crippen molar-refractivity contribution in [3.63, 3.8) is 0 Å². The van der Waals surface area contributed by atoms with Crippen LogP contribution in [0.25, 0.3) is 21.7 Å². The fourth-order valence-electron chi connectivity index (χ4n) is 3.74. The van der Waals surface area contributed by atoms with Gasteiger partial charge in [0.25, 0.3) is 0 Å². The number of piperidine rings is 1. The van der Waals surface area contributed by atoms with E-state index in [0.717, 1.165) is 41.4 Å². The van der Waals surface area contributed by atoms with E-state index in [1.807, 2.05) is 12.1 Å². The van der Waals surface area contributed by atoms with Crippen LogP contribution in [-0.2, 0) is 10.0 Å². The van der Waals surface area contributed by atoms with E-state index in [4.69, 9.17) is 4.98 Å². The Hall–Kier alpha value is -2.36. The normalized spacial score (nSPS) is 15.2. The van der Waals surface area contributed by atoms with Gasteiger partial charge in [0.2, 0.25) is 10.0 Å². The van der Waals surface area contributed by atoms with Crippen LogP contribution in [0.3, 0.4) is 0 Å². The van der Waals surface area contributed by atoms with Gasteiger partial charge in [0.15, 0.2) is 5.82 Å². The Morgan fingerprint density at radius 2 is 1.94 bits per heavy atom. The molecule has 0 saturated carbocycles.